The first-order chi connectivity index (χ1) is 7.36. The monoisotopic (exact) mass is 260 g/mol. The summed E-state index contributed by atoms with van der Waals surface area (Å²) in [6.07, 6.45) is 3.55. The maximum atomic E-state index is 4.34. The van der Waals surface area contributed by atoms with Crippen LogP contribution in [0.5, 0.6) is 0 Å². The SMILES string of the molecule is Brc1ncccc1N=Cc1ccccc1. The lowest BCUT2D eigenvalue weighted by Gasteiger charge is -1.95. The second-order valence-electron chi connectivity index (χ2n) is 2.98. The Morgan fingerprint density at radius 1 is 1.07 bits per heavy atom. The minimum atomic E-state index is 0.761. The molecule has 0 saturated carbocycles. The Bertz CT molecular complexity index is 466. The molecule has 0 fully saturated rings. The van der Waals surface area contributed by atoms with E-state index >= 15 is 0 Å². The first kappa shape index (κ1) is 10.1. The predicted octanol–water partition coefficient (Wildman–Crippen LogP) is 3.59. The minimum absolute atomic E-state index is 0.761. The lowest BCUT2D eigenvalue weighted by atomic mass is 10.2. The summed E-state index contributed by atoms with van der Waals surface area (Å²) in [5.74, 6) is 0. The molecule has 1 aromatic carbocycles. The Morgan fingerprint density at radius 2 is 1.87 bits per heavy atom. The number of aliphatic imine (C=N–C) groups is 1. The second-order valence-corrected chi connectivity index (χ2v) is 3.73. The lowest BCUT2D eigenvalue weighted by molar-refractivity contribution is 1.26. The van der Waals surface area contributed by atoms with Crippen LogP contribution < -0.4 is 0 Å². The van der Waals surface area contributed by atoms with Crippen molar-refractivity contribution in [1.82, 2.24) is 4.98 Å². The van der Waals surface area contributed by atoms with E-state index in [9.17, 15) is 0 Å². The molecule has 0 atom stereocenters. The van der Waals surface area contributed by atoms with Gasteiger partial charge in [-0.25, -0.2) is 4.98 Å². The Morgan fingerprint density at radius 3 is 2.60 bits per heavy atom. The fourth-order valence-corrected chi connectivity index (χ4v) is 1.51. The van der Waals surface area contributed by atoms with Crippen molar-refractivity contribution in [1.29, 1.82) is 0 Å². The Kier molecular flexibility index (Phi) is 3.25. The Labute approximate surface area is 96.8 Å². The van der Waals surface area contributed by atoms with Crippen molar-refractivity contribution in [2.24, 2.45) is 4.99 Å². The van der Waals surface area contributed by atoms with Gasteiger partial charge in [-0.05, 0) is 33.6 Å². The molecule has 74 valence electrons. The molecule has 1 aromatic heterocycles. The number of pyridine rings is 1. The van der Waals surface area contributed by atoms with Crippen LogP contribution in [0.1, 0.15) is 5.56 Å². The van der Waals surface area contributed by atoms with Crippen molar-refractivity contribution in [3.63, 3.8) is 0 Å². The van der Waals surface area contributed by atoms with E-state index in [1.165, 1.54) is 0 Å². The van der Waals surface area contributed by atoms with Crippen LogP contribution >= 0.6 is 15.9 Å². The summed E-state index contributed by atoms with van der Waals surface area (Å²) < 4.78 is 0.761. The van der Waals surface area contributed by atoms with Crippen molar-refractivity contribution in [2.45, 2.75) is 0 Å². The molecule has 1 heterocycles. The highest BCUT2D eigenvalue weighted by Crippen LogP contribution is 2.21. The van der Waals surface area contributed by atoms with E-state index in [-0.39, 0.29) is 0 Å². The zero-order valence-corrected chi connectivity index (χ0v) is 9.55. The summed E-state index contributed by atoms with van der Waals surface area (Å²) in [7, 11) is 0. The topological polar surface area (TPSA) is 25.2 Å². The van der Waals surface area contributed by atoms with E-state index in [2.05, 4.69) is 25.9 Å². The van der Waals surface area contributed by atoms with Gasteiger partial charge in [-0.3, -0.25) is 4.99 Å². The van der Waals surface area contributed by atoms with E-state index in [1.807, 2.05) is 48.7 Å². The normalized spacial score (nSPS) is 10.7. The zero-order valence-electron chi connectivity index (χ0n) is 7.97. The average Bonchev–Trinajstić information content (AvgIpc) is 2.29. The highest BCUT2D eigenvalue weighted by molar-refractivity contribution is 9.10. The number of hydrogen-bond acceptors (Lipinski definition) is 2. The van der Waals surface area contributed by atoms with Gasteiger partial charge in [0.2, 0.25) is 0 Å². The highest BCUT2D eigenvalue weighted by Gasteiger charge is 1.95. The van der Waals surface area contributed by atoms with Crippen LogP contribution in [0.25, 0.3) is 0 Å². The Hall–Kier alpha value is -1.48. The highest BCUT2D eigenvalue weighted by atomic mass is 79.9. The quantitative estimate of drug-likeness (QED) is 0.599. The van der Waals surface area contributed by atoms with E-state index < -0.39 is 0 Å². The maximum Gasteiger partial charge on any atom is 0.131 e. The molecule has 0 bridgehead atoms. The summed E-state index contributed by atoms with van der Waals surface area (Å²) in [4.78, 5) is 8.44. The molecule has 0 amide bonds. The van der Waals surface area contributed by atoms with Crippen molar-refractivity contribution in [3.05, 3.63) is 58.8 Å². The third-order valence-corrected chi connectivity index (χ3v) is 2.50. The molecule has 3 heteroatoms. The molecule has 0 aliphatic rings. The van der Waals surface area contributed by atoms with Crippen molar-refractivity contribution in [3.8, 4) is 0 Å². The predicted molar refractivity (Wildman–Crippen MR) is 65.6 cm³/mol. The number of hydrogen-bond donors (Lipinski definition) is 0. The molecular formula is C12H9BrN2. The molecule has 0 N–H and O–H groups in total. The third-order valence-electron chi connectivity index (χ3n) is 1.89. The summed E-state index contributed by atoms with van der Waals surface area (Å²) in [5.41, 5.74) is 1.91. The van der Waals surface area contributed by atoms with Gasteiger partial charge in [0.05, 0.1) is 5.69 Å². The van der Waals surface area contributed by atoms with Gasteiger partial charge in [-0.15, -0.1) is 0 Å². The first-order valence-electron chi connectivity index (χ1n) is 4.56. The zero-order chi connectivity index (χ0) is 10.5. The van der Waals surface area contributed by atoms with Gasteiger partial charge in [0.15, 0.2) is 0 Å². The van der Waals surface area contributed by atoms with Gasteiger partial charge in [-0.2, -0.15) is 0 Å². The molecule has 0 saturated heterocycles. The van der Waals surface area contributed by atoms with Gasteiger partial charge in [-0.1, -0.05) is 30.3 Å². The van der Waals surface area contributed by atoms with Crippen LogP contribution in [0.15, 0.2) is 58.3 Å². The van der Waals surface area contributed by atoms with Gasteiger partial charge >= 0.3 is 0 Å². The standard InChI is InChI=1S/C12H9BrN2/c13-12-11(7-4-8-14-12)15-9-10-5-2-1-3-6-10/h1-9H. The maximum absolute atomic E-state index is 4.34. The summed E-state index contributed by atoms with van der Waals surface area (Å²) in [6, 6.07) is 13.7. The van der Waals surface area contributed by atoms with Crippen molar-refractivity contribution >= 4 is 27.8 Å². The molecule has 2 aromatic rings. The van der Waals surface area contributed by atoms with E-state index in [0.717, 1.165) is 15.9 Å². The summed E-state index contributed by atoms with van der Waals surface area (Å²) >= 11 is 3.34. The minimum Gasteiger partial charge on any atom is -0.253 e. The van der Waals surface area contributed by atoms with Crippen molar-refractivity contribution in [2.75, 3.05) is 0 Å². The fraction of sp³-hybridized carbons (Fsp3) is 0. The number of benzene rings is 1. The van der Waals surface area contributed by atoms with Gasteiger partial charge in [0.25, 0.3) is 0 Å². The largest absolute Gasteiger partial charge is 0.253 e. The average molecular weight is 261 g/mol. The molecule has 2 nitrogen and oxygen atoms in total. The van der Waals surface area contributed by atoms with E-state index in [0.29, 0.717) is 0 Å². The van der Waals surface area contributed by atoms with Gasteiger partial charge < -0.3 is 0 Å². The molecule has 0 aliphatic heterocycles. The van der Waals surface area contributed by atoms with Gasteiger partial charge in [0, 0.05) is 12.4 Å². The number of rotatable bonds is 2. The summed E-state index contributed by atoms with van der Waals surface area (Å²) in [5, 5.41) is 0. The molecule has 0 spiro atoms. The van der Waals surface area contributed by atoms with Crippen LogP contribution in [0, 0.1) is 0 Å². The fourth-order valence-electron chi connectivity index (χ4n) is 1.16. The molecule has 15 heavy (non-hydrogen) atoms. The lowest BCUT2D eigenvalue weighted by Crippen LogP contribution is -1.79. The van der Waals surface area contributed by atoms with Crippen LogP contribution in [-0.4, -0.2) is 11.2 Å². The molecule has 2 rings (SSSR count). The third kappa shape index (κ3) is 2.73. The van der Waals surface area contributed by atoms with Crippen molar-refractivity contribution < 1.29 is 0 Å². The van der Waals surface area contributed by atoms with E-state index in [4.69, 9.17) is 0 Å². The van der Waals surface area contributed by atoms with Gasteiger partial charge in [0.1, 0.15) is 4.60 Å². The first-order valence-corrected chi connectivity index (χ1v) is 5.35. The van der Waals surface area contributed by atoms with Crippen LogP contribution in [-0.2, 0) is 0 Å². The molecular weight excluding hydrogens is 252 g/mol. The number of aromatic nitrogens is 1. The van der Waals surface area contributed by atoms with Crippen LogP contribution in [0.4, 0.5) is 5.69 Å². The molecule has 0 radical (unpaired) electrons. The van der Waals surface area contributed by atoms with Crippen LogP contribution in [0.3, 0.4) is 0 Å². The Balaban J connectivity index is 2.23. The molecule has 0 aliphatic carbocycles. The summed E-state index contributed by atoms with van der Waals surface area (Å²) in [6.45, 7) is 0. The number of nitrogens with zero attached hydrogens (tertiary/aromatic N) is 2. The van der Waals surface area contributed by atoms with E-state index in [1.54, 1.807) is 6.20 Å². The number of halogens is 1. The second kappa shape index (κ2) is 4.84. The van der Waals surface area contributed by atoms with Crippen LogP contribution in [0.2, 0.25) is 0 Å². The smallest absolute Gasteiger partial charge is 0.131 e. The molecule has 0 unspecified atom stereocenters.